The van der Waals surface area contributed by atoms with Crippen LogP contribution in [-0.4, -0.2) is 56.6 Å². The van der Waals surface area contributed by atoms with E-state index in [0.717, 1.165) is 49.1 Å². The Hall–Kier alpha value is -3.58. The van der Waals surface area contributed by atoms with Crippen molar-refractivity contribution in [1.29, 1.82) is 0 Å². The third kappa shape index (κ3) is 6.23. The van der Waals surface area contributed by atoms with Crippen molar-refractivity contribution in [2.75, 3.05) is 50.1 Å². The number of rotatable bonds is 8. The molecule has 1 fully saturated rings. The van der Waals surface area contributed by atoms with E-state index in [-0.39, 0.29) is 24.8 Å². The summed E-state index contributed by atoms with van der Waals surface area (Å²) in [5, 5.41) is 2.86. The van der Waals surface area contributed by atoms with Gasteiger partial charge in [0.2, 0.25) is 11.8 Å². The zero-order chi connectivity index (χ0) is 23.0. The second kappa shape index (κ2) is 10.8. The lowest BCUT2D eigenvalue weighted by atomic mass is 10.2. The molecule has 7 heteroatoms. The Morgan fingerprint density at radius 3 is 2.42 bits per heavy atom. The number of hydrogen-bond acceptors (Lipinski definition) is 5. The fraction of sp³-hybridized carbons (Fsp3) is 0.308. The largest absolute Gasteiger partial charge is 0.461 e. The van der Waals surface area contributed by atoms with Crippen LogP contribution in [0.5, 0.6) is 0 Å². The molecule has 1 saturated heterocycles. The Morgan fingerprint density at radius 2 is 1.70 bits per heavy atom. The van der Waals surface area contributed by atoms with Gasteiger partial charge in [0.05, 0.1) is 19.8 Å². The van der Waals surface area contributed by atoms with Crippen LogP contribution in [0.25, 0.3) is 11.3 Å². The van der Waals surface area contributed by atoms with Gasteiger partial charge in [0.1, 0.15) is 11.5 Å². The maximum Gasteiger partial charge on any atom is 0.243 e. The molecule has 0 aliphatic carbocycles. The number of carbonyl (C=O) groups excluding carboxylic acids is 2. The molecule has 33 heavy (non-hydrogen) atoms. The van der Waals surface area contributed by atoms with Gasteiger partial charge in [-0.15, -0.1) is 0 Å². The molecule has 1 aliphatic rings. The normalized spacial score (nSPS) is 13.5. The third-order valence-corrected chi connectivity index (χ3v) is 5.64. The Labute approximate surface area is 193 Å². The van der Waals surface area contributed by atoms with Crippen molar-refractivity contribution in [3.63, 3.8) is 0 Å². The molecule has 0 atom stereocenters. The number of hydrogen-bond donors (Lipinski definition) is 1. The molecule has 172 valence electrons. The average molecular weight is 448 g/mol. The molecule has 4 rings (SSSR count). The van der Waals surface area contributed by atoms with Gasteiger partial charge >= 0.3 is 0 Å². The van der Waals surface area contributed by atoms with Gasteiger partial charge in [0.25, 0.3) is 0 Å². The average Bonchev–Trinajstić information content (AvgIpc) is 3.33. The molecule has 2 amide bonds. The van der Waals surface area contributed by atoms with E-state index in [9.17, 15) is 9.59 Å². The summed E-state index contributed by atoms with van der Waals surface area (Å²) in [5.74, 6) is 1.20. The van der Waals surface area contributed by atoms with E-state index in [0.29, 0.717) is 12.1 Å². The number of aryl methyl sites for hydroxylation is 1. The highest BCUT2D eigenvalue weighted by Crippen LogP contribution is 2.22. The summed E-state index contributed by atoms with van der Waals surface area (Å²) < 4.78 is 11.2. The number of carbonyl (C=O) groups is 2. The van der Waals surface area contributed by atoms with Gasteiger partial charge in [-0.2, -0.15) is 0 Å². The SMILES string of the molecule is CN(CC(=O)Nc1ccc(N2CCOCC2)cc1)C(=O)CCc1ccc(-c2ccccc2)o1. The van der Waals surface area contributed by atoms with Crippen LogP contribution in [0.3, 0.4) is 0 Å². The number of ether oxygens (including phenoxy) is 1. The molecule has 0 spiro atoms. The third-order valence-electron chi connectivity index (χ3n) is 5.64. The van der Waals surface area contributed by atoms with Crippen molar-refractivity contribution in [3.8, 4) is 11.3 Å². The topological polar surface area (TPSA) is 75.0 Å². The van der Waals surface area contributed by atoms with E-state index in [4.69, 9.17) is 9.15 Å². The summed E-state index contributed by atoms with van der Waals surface area (Å²) in [7, 11) is 1.64. The molecule has 0 saturated carbocycles. The molecule has 1 aliphatic heterocycles. The van der Waals surface area contributed by atoms with Crippen LogP contribution in [0.1, 0.15) is 12.2 Å². The summed E-state index contributed by atoms with van der Waals surface area (Å²) in [5.41, 5.74) is 2.82. The molecule has 1 N–H and O–H groups in total. The fourth-order valence-electron chi connectivity index (χ4n) is 3.77. The van der Waals surface area contributed by atoms with Crippen LogP contribution in [-0.2, 0) is 20.7 Å². The Kier molecular flexibility index (Phi) is 7.42. The predicted molar refractivity (Wildman–Crippen MR) is 128 cm³/mol. The Bertz CT molecular complexity index is 1060. The van der Waals surface area contributed by atoms with E-state index in [1.807, 2.05) is 66.7 Å². The van der Waals surface area contributed by atoms with Crippen molar-refractivity contribution >= 4 is 23.2 Å². The van der Waals surface area contributed by atoms with Crippen molar-refractivity contribution < 1.29 is 18.7 Å². The van der Waals surface area contributed by atoms with Crippen LogP contribution in [0, 0.1) is 0 Å². The van der Waals surface area contributed by atoms with Crippen LogP contribution < -0.4 is 10.2 Å². The van der Waals surface area contributed by atoms with Gasteiger partial charge in [0, 0.05) is 49.9 Å². The predicted octanol–water partition coefficient (Wildman–Crippen LogP) is 3.81. The van der Waals surface area contributed by atoms with Crippen molar-refractivity contribution in [1.82, 2.24) is 4.90 Å². The first-order valence-electron chi connectivity index (χ1n) is 11.2. The lowest BCUT2D eigenvalue weighted by molar-refractivity contribution is -0.133. The quantitative estimate of drug-likeness (QED) is 0.568. The van der Waals surface area contributed by atoms with E-state index in [2.05, 4.69) is 10.2 Å². The number of anilines is 2. The summed E-state index contributed by atoms with van der Waals surface area (Å²) >= 11 is 0. The minimum Gasteiger partial charge on any atom is -0.461 e. The number of likely N-dealkylation sites (N-methyl/N-ethyl adjacent to an activating group) is 1. The van der Waals surface area contributed by atoms with Crippen molar-refractivity contribution in [2.45, 2.75) is 12.8 Å². The Morgan fingerprint density at radius 1 is 0.970 bits per heavy atom. The minimum atomic E-state index is -0.227. The lowest BCUT2D eigenvalue weighted by Gasteiger charge is -2.28. The zero-order valence-electron chi connectivity index (χ0n) is 18.8. The highest BCUT2D eigenvalue weighted by Gasteiger charge is 2.15. The van der Waals surface area contributed by atoms with Gasteiger partial charge in [0.15, 0.2) is 0 Å². The van der Waals surface area contributed by atoms with Crippen LogP contribution in [0.2, 0.25) is 0 Å². The van der Waals surface area contributed by atoms with Gasteiger partial charge in [-0.1, -0.05) is 30.3 Å². The number of furan rings is 1. The fourth-order valence-corrected chi connectivity index (χ4v) is 3.77. The molecule has 2 heterocycles. The first kappa shape index (κ1) is 22.6. The van der Waals surface area contributed by atoms with Gasteiger partial charge in [-0.25, -0.2) is 0 Å². The number of benzene rings is 2. The molecule has 0 unspecified atom stereocenters. The summed E-state index contributed by atoms with van der Waals surface area (Å²) in [6.07, 6.45) is 0.764. The van der Waals surface area contributed by atoms with Gasteiger partial charge in [-0.05, 0) is 36.4 Å². The van der Waals surface area contributed by atoms with E-state index in [1.54, 1.807) is 7.05 Å². The highest BCUT2D eigenvalue weighted by molar-refractivity contribution is 5.94. The molecular formula is C26H29N3O4. The smallest absolute Gasteiger partial charge is 0.243 e. The molecule has 0 bridgehead atoms. The molecular weight excluding hydrogens is 418 g/mol. The molecule has 7 nitrogen and oxygen atoms in total. The first-order chi connectivity index (χ1) is 16.1. The zero-order valence-corrected chi connectivity index (χ0v) is 18.8. The van der Waals surface area contributed by atoms with Crippen LogP contribution in [0.4, 0.5) is 11.4 Å². The summed E-state index contributed by atoms with van der Waals surface area (Å²) in [6.45, 7) is 3.19. The molecule has 2 aromatic carbocycles. The van der Waals surface area contributed by atoms with E-state index < -0.39 is 0 Å². The number of nitrogens with one attached hydrogen (secondary N) is 1. The second-order valence-electron chi connectivity index (χ2n) is 8.08. The monoisotopic (exact) mass is 447 g/mol. The van der Waals surface area contributed by atoms with Crippen LogP contribution >= 0.6 is 0 Å². The first-order valence-corrected chi connectivity index (χ1v) is 11.2. The summed E-state index contributed by atoms with van der Waals surface area (Å²) in [6, 6.07) is 21.4. The highest BCUT2D eigenvalue weighted by atomic mass is 16.5. The maximum atomic E-state index is 12.5. The number of amides is 2. The number of morpholine rings is 1. The van der Waals surface area contributed by atoms with E-state index >= 15 is 0 Å². The molecule has 3 aromatic rings. The summed E-state index contributed by atoms with van der Waals surface area (Å²) in [4.78, 5) is 28.6. The molecule has 1 aromatic heterocycles. The Balaban J connectivity index is 1.22. The van der Waals surface area contributed by atoms with Gasteiger partial charge < -0.3 is 24.3 Å². The van der Waals surface area contributed by atoms with Gasteiger partial charge in [-0.3, -0.25) is 9.59 Å². The minimum absolute atomic E-state index is 0.00251. The molecule has 0 radical (unpaired) electrons. The van der Waals surface area contributed by atoms with E-state index in [1.165, 1.54) is 4.90 Å². The van der Waals surface area contributed by atoms with Crippen molar-refractivity contribution in [3.05, 3.63) is 72.5 Å². The van der Waals surface area contributed by atoms with Crippen LogP contribution in [0.15, 0.2) is 71.1 Å². The second-order valence-corrected chi connectivity index (χ2v) is 8.08. The maximum absolute atomic E-state index is 12.5. The number of nitrogens with zero attached hydrogens (tertiary/aromatic N) is 2. The van der Waals surface area contributed by atoms with Crippen molar-refractivity contribution in [2.24, 2.45) is 0 Å². The lowest BCUT2D eigenvalue weighted by Crippen LogP contribution is -2.36. The standard InChI is InChI=1S/C26H29N3O4/c1-28(26(31)14-12-23-11-13-24(33-23)20-5-3-2-4-6-20)19-25(30)27-21-7-9-22(10-8-21)29-15-17-32-18-16-29/h2-11,13H,12,14-19H2,1H3,(H,27,30).